The minimum atomic E-state index is -0.223. The van der Waals surface area contributed by atoms with Gasteiger partial charge in [0.05, 0.1) is 4.47 Å². The molecule has 1 unspecified atom stereocenters. The largest absolute Gasteiger partial charge is 0.361 e. The Bertz CT molecular complexity index is 771. The van der Waals surface area contributed by atoms with E-state index in [4.69, 9.17) is 0 Å². The molecule has 1 aromatic rings. The van der Waals surface area contributed by atoms with Crippen molar-refractivity contribution in [2.75, 3.05) is 0 Å². The summed E-state index contributed by atoms with van der Waals surface area (Å²) in [7, 11) is 0. The van der Waals surface area contributed by atoms with Gasteiger partial charge in [-0.1, -0.05) is 6.07 Å². The number of ketones is 1. The SMILES string of the molecule is O=C1CCCC2=C1CC1=C(CCCC(c3ccc(F)c(Br)c3)S1)N2. The molecule has 0 radical (unpaired) electrons. The van der Waals surface area contributed by atoms with Crippen LogP contribution >= 0.6 is 27.7 Å². The van der Waals surface area contributed by atoms with Crippen LogP contribution in [-0.2, 0) is 4.79 Å². The second kappa shape index (κ2) is 6.68. The predicted molar refractivity (Wildman–Crippen MR) is 98.9 cm³/mol. The molecule has 0 saturated carbocycles. The second-order valence-corrected chi connectivity index (χ2v) is 8.76. The topological polar surface area (TPSA) is 29.1 Å². The lowest BCUT2D eigenvalue weighted by Crippen LogP contribution is -2.26. The molecule has 0 spiro atoms. The van der Waals surface area contributed by atoms with Crippen molar-refractivity contribution < 1.29 is 9.18 Å². The van der Waals surface area contributed by atoms with E-state index in [1.165, 1.54) is 16.7 Å². The molecule has 2 nitrogen and oxygen atoms in total. The third-order valence-electron chi connectivity index (χ3n) is 5.00. The maximum absolute atomic E-state index is 13.5. The van der Waals surface area contributed by atoms with E-state index in [-0.39, 0.29) is 5.82 Å². The lowest BCUT2D eigenvalue weighted by molar-refractivity contribution is -0.116. The minimum Gasteiger partial charge on any atom is -0.361 e. The molecule has 2 heterocycles. The highest BCUT2D eigenvalue weighted by Gasteiger charge is 2.30. The summed E-state index contributed by atoms with van der Waals surface area (Å²) in [6, 6.07) is 5.31. The first-order valence-electron chi connectivity index (χ1n) is 8.47. The Morgan fingerprint density at radius 1 is 1.17 bits per heavy atom. The molecule has 1 atom stereocenters. The maximum Gasteiger partial charge on any atom is 0.160 e. The van der Waals surface area contributed by atoms with Crippen LogP contribution in [0.5, 0.6) is 0 Å². The van der Waals surface area contributed by atoms with Crippen LogP contribution in [0.4, 0.5) is 4.39 Å². The average molecular weight is 408 g/mol. The summed E-state index contributed by atoms with van der Waals surface area (Å²) in [5, 5.41) is 3.89. The summed E-state index contributed by atoms with van der Waals surface area (Å²) in [5.74, 6) is 0.0837. The molecule has 0 bridgehead atoms. The fourth-order valence-corrected chi connectivity index (χ4v) is 5.55. The molecule has 0 fully saturated rings. The molecule has 1 aromatic carbocycles. The summed E-state index contributed by atoms with van der Waals surface area (Å²) < 4.78 is 14.0. The van der Waals surface area contributed by atoms with Gasteiger partial charge in [0.2, 0.25) is 0 Å². The zero-order valence-corrected chi connectivity index (χ0v) is 15.7. The van der Waals surface area contributed by atoms with Crippen molar-refractivity contribution in [2.45, 2.75) is 50.2 Å². The van der Waals surface area contributed by atoms with Crippen molar-refractivity contribution >= 4 is 33.5 Å². The van der Waals surface area contributed by atoms with Crippen molar-refractivity contribution in [3.8, 4) is 0 Å². The minimum absolute atomic E-state index is 0.223. The van der Waals surface area contributed by atoms with Crippen molar-refractivity contribution in [1.29, 1.82) is 0 Å². The van der Waals surface area contributed by atoms with Gasteiger partial charge in [-0.3, -0.25) is 4.79 Å². The average Bonchev–Trinajstić information content (AvgIpc) is 2.78. The van der Waals surface area contributed by atoms with E-state index in [0.717, 1.165) is 55.4 Å². The number of hydrogen-bond donors (Lipinski definition) is 1. The molecule has 1 N–H and O–H groups in total. The lowest BCUT2D eigenvalue weighted by atomic mass is 9.89. The first-order chi connectivity index (χ1) is 11.6. The van der Waals surface area contributed by atoms with E-state index < -0.39 is 0 Å². The standard InChI is InChI=1S/C19H19BrFNOS/c20-13-9-11(7-8-14(13)21)18-6-2-4-16-19(24-18)10-12-15(22-16)3-1-5-17(12)23/h7-9,18,22H,1-6,10H2. The van der Waals surface area contributed by atoms with Crippen LogP contribution in [0.3, 0.4) is 0 Å². The summed E-state index contributed by atoms with van der Waals surface area (Å²) >= 11 is 5.14. The molecule has 0 amide bonds. The number of hydrogen-bond acceptors (Lipinski definition) is 3. The third kappa shape index (κ3) is 3.08. The molecular weight excluding hydrogens is 389 g/mol. The van der Waals surface area contributed by atoms with Gasteiger partial charge in [-0.2, -0.15) is 0 Å². The maximum atomic E-state index is 13.5. The van der Waals surface area contributed by atoms with Crippen LogP contribution in [-0.4, -0.2) is 5.78 Å². The smallest absolute Gasteiger partial charge is 0.160 e. The Kier molecular flexibility index (Phi) is 4.56. The third-order valence-corrected chi connectivity index (χ3v) is 7.08. The molecule has 3 aliphatic rings. The Morgan fingerprint density at radius 3 is 2.83 bits per heavy atom. The van der Waals surface area contributed by atoms with Gasteiger partial charge < -0.3 is 5.32 Å². The van der Waals surface area contributed by atoms with Crippen molar-refractivity contribution in [3.05, 3.63) is 55.9 Å². The Labute approximate surface area is 154 Å². The molecular formula is C19H19BrFNOS. The van der Waals surface area contributed by atoms with Crippen LogP contribution in [0.25, 0.3) is 0 Å². The zero-order valence-electron chi connectivity index (χ0n) is 13.3. The number of nitrogens with one attached hydrogen (secondary N) is 1. The Morgan fingerprint density at radius 2 is 2.00 bits per heavy atom. The van der Waals surface area contributed by atoms with Gasteiger partial charge in [0.1, 0.15) is 5.82 Å². The molecule has 5 heteroatoms. The lowest BCUT2D eigenvalue weighted by Gasteiger charge is -2.29. The van der Waals surface area contributed by atoms with Crippen LogP contribution in [0, 0.1) is 5.82 Å². The highest BCUT2D eigenvalue weighted by molar-refractivity contribution is 9.10. The number of halogens is 2. The number of thioether (sulfide) groups is 1. The van der Waals surface area contributed by atoms with E-state index in [1.54, 1.807) is 0 Å². The van der Waals surface area contributed by atoms with Gasteiger partial charge in [0, 0.05) is 40.0 Å². The normalized spacial score (nSPS) is 24.2. The second-order valence-electron chi connectivity index (χ2n) is 6.61. The van der Waals surface area contributed by atoms with Crippen molar-refractivity contribution in [3.63, 3.8) is 0 Å². The number of benzene rings is 1. The summed E-state index contributed by atoms with van der Waals surface area (Å²) in [5.41, 5.74) is 4.61. The highest BCUT2D eigenvalue weighted by atomic mass is 79.9. The van der Waals surface area contributed by atoms with Gasteiger partial charge in [0.25, 0.3) is 0 Å². The van der Waals surface area contributed by atoms with Gasteiger partial charge in [0.15, 0.2) is 5.78 Å². The number of dihydropyridines is 1. The molecule has 1 aliphatic carbocycles. The number of Topliss-reactive ketones (excluding diaryl/α,β-unsaturated/α-hetero) is 1. The zero-order chi connectivity index (χ0) is 16.7. The molecule has 2 aliphatic heterocycles. The number of carbonyl (C=O) groups is 1. The summed E-state index contributed by atoms with van der Waals surface area (Å²) in [6.45, 7) is 0. The van der Waals surface area contributed by atoms with Crippen LogP contribution < -0.4 is 5.32 Å². The fourth-order valence-electron chi connectivity index (χ4n) is 3.72. The van der Waals surface area contributed by atoms with E-state index in [1.807, 2.05) is 23.9 Å². The highest BCUT2D eigenvalue weighted by Crippen LogP contribution is 2.48. The molecule has 24 heavy (non-hydrogen) atoms. The van der Waals surface area contributed by atoms with Crippen molar-refractivity contribution in [2.24, 2.45) is 0 Å². The number of rotatable bonds is 1. The number of carbonyl (C=O) groups excluding carboxylic acids is 1. The van der Waals surface area contributed by atoms with E-state index in [0.29, 0.717) is 21.9 Å². The molecule has 4 rings (SSSR count). The molecule has 126 valence electrons. The van der Waals surface area contributed by atoms with E-state index in [2.05, 4.69) is 21.2 Å². The predicted octanol–water partition coefficient (Wildman–Crippen LogP) is 5.76. The Hall–Kier alpha value is -1.07. The van der Waals surface area contributed by atoms with E-state index in [9.17, 15) is 9.18 Å². The molecule has 0 saturated heterocycles. The number of allylic oxidation sites excluding steroid dienone is 4. The Balaban J connectivity index is 1.59. The quantitative estimate of drug-likeness (QED) is 0.641. The van der Waals surface area contributed by atoms with Crippen LogP contribution in [0.1, 0.15) is 55.8 Å². The summed E-state index contributed by atoms with van der Waals surface area (Å²) in [4.78, 5) is 13.5. The van der Waals surface area contributed by atoms with E-state index >= 15 is 0 Å². The van der Waals surface area contributed by atoms with Crippen LogP contribution in [0.2, 0.25) is 0 Å². The monoisotopic (exact) mass is 407 g/mol. The van der Waals surface area contributed by atoms with Crippen LogP contribution in [0.15, 0.2) is 44.5 Å². The fraction of sp³-hybridized carbons (Fsp3) is 0.421. The van der Waals surface area contributed by atoms with Gasteiger partial charge >= 0.3 is 0 Å². The first-order valence-corrected chi connectivity index (χ1v) is 10.1. The van der Waals surface area contributed by atoms with Crippen molar-refractivity contribution in [1.82, 2.24) is 5.32 Å². The van der Waals surface area contributed by atoms with Gasteiger partial charge in [-0.05, 0) is 65.7 Å². The van der Waals surface area contributed by atoms with Gasteiger partial charge in [-0.25, -0.2) is 4.39 Å². The molecule has 0 aromatic heterocycles. The first kappa shape index (κ1) is 16.4. The summed E-state index contributed by atoms with van der Waals surface area (Å²) in [6.07, 6.45) is 6.63. The van der Waals surface area contributed by atoms with Gasteiger partial charge in [-0.15, -0.1) is 11.8 Å².